The van der Waals surface area contributed by atoms with Gasteiger partial charge in [0.25, 0.3) is 0 Å². The molecule has 0 saturated heterocycles. The molecule has 0 heterocycles. The Morgan fingerprint density at radius 2 is 2.33 bits per heavy atom. The summed E-state index contributed by atoms with van der Waals surface area (Å²) in [5.74, 6) is 0.0836. The van der Waals surface area contributed by atoms with Crippen LogP contribution >= 0.6 is 15.9 Å². The lowest BCUT2D eigenvalue weighted by Gasteiger charge is -2.14. The molecule has 0 aliphatic heterocycles. The molecule has 1 atom stereocenters. The van der Waals surface area contributed by atoms with Crippen molar-refractivity contribution in [2.45, 2.75) is 32.2 Å². The van der Waals surface area contributed by atoms with Gasteiger partial charge in [0.2, 0.25) is 5.91 Å². The molecule has 2 rings (SSSR count). The summed E-state index contributed by atoms with van der Waals surface area (Å²) in [7, 11) is 0. The van der Waals surface area contributed by atoms with Crippen LogP contribution in [0.15, 0.2) is 22.7 Å². The zero-order chi connectivity index (χ0) is 13.0. The summed E-state index contributed by atoms with van der Waals surface area (Å²) in [6.07, 6.45) is 3.12. The van der Waals surface area contributed by atoms with E-state index in [9.17, 15) is 4.79 Å². The second-order valence-electron chi connectivity index (χ2n) is 4.63. The minimum atomic E-state index is 0.0836. The molecule has 0 saturated carbocycles. The van der Waals surface area contributed by atoms with Gasteiger partial charge in [-0.05, 0) is 36.5 Å². The summed E-state index contributed by atoms with van der Waals surface area (Å²) in [6.45, 7) is 3.21. The first-order valence-electron chi connectivity index (χ1n) is 6.49. The first kappa shape index (κ1) is 13.6. The third-order valence-corrected chi connectivity index (χ3v) is 4.04. The zero-order valence-electron chi connectivity index (χ0n) is 10.6. The molecule has 1 amide bonds. The van der Waals surface area contributed by atoms with Crippen molar-refractivity contribution in [3.63, 3.8) is 0 Å². The number of fused-ring (bicyclic) bond motifs is 1. The van der Waals surface area contributed by atoms with Gasteiger partial charge >= 0.3 is 0 Å². The number of halogens is 1. The van der Waals surface area contributed by atoms with Gasteiger partial charge in [0.15, 0.2) is 0 Å². The molecule has 0 fully saturated rings. The summed E-state index contributed by atoms with van der Waals surface area (Å²) >= 11 is 3.58. The van der Waals surface area contributed by atoms with Gasteiger partial charge in [0, 0.05) is 17.1 Å². The van der Waals surface area contributed by atoms with Crippen LogP contribution in [0.3, 0.4) is 0 Å². The molecule has 18 heavy (non-hydrogen) atoms. The number of rotatable bonds is 5. The number of hydrogen-bond donors (Lipinski definition) is 2. The van der Waals surface area contributed by atoms with E-state index in [1.54, 1.807) is 0 Å². The molecule has 1 aromatic carbocycles. The zero-order valence-corrected chi connectivity index (χ0v) is 12.2. The molecule has 3 nitrogen and oxygen atoms in total. The molecule has 1 aliphatic rings. The molecule has 0 spiro atoms. The van der Waals surface area contributed by atoms with Crippen molar-refractivity contribution < 1.29 is 4.79 Å². The van der Waals surface area contributed by atoms with Crippen LogP contribution in [0, 0.1) is 0 Å². The van der Waals surface area contributed by atoms with E-state index in [1.807, 2.05) is 0 Å². The van der Waals surface area contributed by atoms with E-state index in [-0.39, 0.29) is 5.91 Å². The summed E-state index contributed by atoms with van der Waals surface area (Å²) in [6, 6.07) is 6.59. The highest BCUT2D eigenvalue weighted by molar-refractivity contribution is 9.10. The third-order valence-electron chi connectivity index (χ3n) is 3.29. The highest BCUT2D eigenvalue weighted by Crippen LogP contribution is 2.35. The number of hydrogen-bond acceptors (Lipinski definition) is 2. The predicted molar refractivity (Wildman–Crippen MR) is 76.5 cm³/mol. The maximum absolute atomic E-state index is 11.6. The molecular weight excluding hydrogens is 292 g/mol. The molecule has 1 aromatic rings. The smallest absolute Gasteiger partial charge is 0.233 e. The van der Waals surface area contributed by atoms with Crippen LogP contribution in [0.4, 0.5) is 0 Å². The second-order valence-corrected chi connectivity index (χ2v) is 5.48. The van der Waals surface area contributed by atoms with Gasteiger partial charge in [-0.1, -0.05) is 35.0 Å². The van der Waals surface area contributed by atoms with Gasteiger partial charge in [-0.2, -0.15) is 0 Å². The monoisotopic (exact) mass is 310 g/mol. The van der Waals surface area contributed by atoms with E-state index in [0.717, 1.165) is 25.8 Å². The number of carbonyl (C=O) groups excluding carboxylic acids is 1. The molecule has 2 N–H and O–H groups in total. The highest BCUT2D eigenvalue weighted by atomic mass is 79.9. The van der Waals surface area contributed by atoms with E-state index < -0.39 is 0 Å². The van der Waals surface area contributed by atoms with Gasteiger partial charge < -0.3 is 10.6 Å². The summed E-state index contributed by atoms with van der Waals surface area (Å²) in [5, 5.41) is 6.22. The van der Waals surface area contributed by atoms with Crippen LogP contribution in [0.5, 0.6) is 0 Å². The largest absolute Gasteiger partial charge is 0.355 e. The second kappa shape index (κ2) is 6.34. The molecular formula is C14H19BrN2O. The maximum Gasteiger partial charge on any atom is 0.233 e. The van der Waals surface area contributed by atoms with Crippen molar-refractivity contribution in [2.24, 2.45) is 0 Å². The van der Waals surface area contributed by atoms with Crippen LogP contribution in [-0.4, -0.2) is 19.0 Å². The van der Waals surface area contributed by atoms with E-state index >= 15 is 0 Å². The standard InChI is InChI=1S/C14H19BrN2O/c1-2-8-16-14(18)9-17-13-7-6-10-11(13)4-3-5-12(10)15/h3-5,13,17H,2,6-9H2,1H3,(H,16,18). The van der Waals surface area contributed by atoms with Crippen molar-refractivity contribution in [3.8, 4) is 0 Å². The molecule has 0 aromatic heterocycles. The number of nitrogens with one attached hydrogen (secondary N) is 2. The summed E-state index contributed by atoms with van der Waals surface area (Å²) in [5.41, 5.74) is 2.71. The summed E-state index contributed by atoms with van der Waals surface area (Å²) < 4.78 is 1.18. The van der Waals surface area contributed by atoms with Crippen LogP contribution in [0.1, 0.15) is 36.9 Å². The Bertz CT molecular complexity index is 434. The molecule has 1 unspecified atom stereocenters. The van der Waals surface area contributed by atoms with Crippen molar-refractivity contribution >= 4 is 21.8 Å². The van der Waals surface area contributed by atoms with Gasteiger partial charge in [0.05, 0.1) is 6.54 Å². The van der Waals surface area contributed by atoms with Gasteiger partial charge in [0.1, 0.15) is 0 Å². The van der Waals surface area contributed by atoms with Crippen molar-refractivity contribution in [3.05, 3.63) is 33.8 Å². The Morgan fingerprint density at radius 1 is 1.50 bits per heavy atom. The number of amides is 1. The minimum absolute atomic E-state index is 0.0836. The molecule has 1 aliphatic carbocycles. The fraction of sp³-hybridized carbons (Fsp3) is 0.500. The Labute approximate surface area is 116 Å². The third kappa shape index (κ3) is 3.12. The van der Waals surface area contributed by atoms with Crippen LogP contribution in [-0.2, 0) is 11.2 Å². The van der Waals surface area contributed by atoms with Crippen molar-refractivity contribution in [2.75, 3.05) is 13.1 Å². The van der Waals surface area contributed by atoms with Gasteiger partial charge in [-0.15, -0.1) is 0 Å². The quantitative estimate of drug-likeness (QED) is 0.877. The topological polar surface area (TPSA) is 41.1 Å². The molecule has 0 radical (unpaired) electrons. The highest BCUT2D eigenvalue weighted by Gasteiger charge is 2.23. The number of benzene rings is 1. The summed E-state index contributed by atoms with van der Waals surface area (Å²) in [4.78, 5) is 11.6. The maximum atomic E-state index is 11.6. The van der Waals surface area contributed by atoms with Crippen LogP contribution in [0.25, 0.3) is 0 Å². The average Bonchev–Trinajstić information content (AvgIpc) is 2.78. The SMILES string of the molecule is CCCNC(=O)CNC1CCc2c(Br)cccc21. The van der Waals surface area contributed by atoms with Crippen LogP contribution < -0.4 is 10.6 Å². The van der Waals surface area contributed by atoms with E-state index in [1.165, 1.54) is 15.6 Å². The fourth-order valence-corrected chi connectivity index (χ4v) is 2.94. The van der Waals surface area contributed by atoms with Crippen molar-refractivity contribution in [1.82, 2.24) is 10.6 Å². The van der Waals surface area contributed by atoms with Crippen molar-refractivity contribution in [1.29, 1.82) is 0 Å². The van der Waals surface area contributed by atoms with Gasteiger partial charge in [-0.25, -0.2) is 0 Å². The van der Waals surface area contributed by atoms with E-state index in [0.29, 0.717) is 12.6 Å². The Morgan fingerprint density at radius 3 is 3.11 bits per heavy atom. The lowest BCUT2D eigenvalue weighted by molar-refractivity contribution is -0.120. The Kier molecular flexibility index (Phi) is 4.78. The van der Waals surface area contributed by atoms with E-state index in [2.05, 4.69) is 51.7 Å². The number of carbonyl (C=O) groups is 1. The Balaban J connectivity index is 1.90. The normalized spacial score (nSPS) is 17.6. The van der Waals surface area contributed by atoms with E-state index in [4.69, 9.17) is 0 Å². The molecule has 0 bridgehead atoms. The predicted octanol–water partition coefficient (Wildman–Crippen LogP) is 2.55. The molecule has 98 valence electrons. The Hall–Kier alpha value is -0.870. The average molecular weight is 311 g/mol. The lowest BCUT2D eigenvalue weighted by Crippen LogP contribution is -2.35. The van der Waals surface area contributed by atoms with Gasteiger partial charge in [-0.3, -0.25) is 4.79 Å². The van der Waals surface area contributed by atoms with Crippen LogP contribution in [0.2, 0.25) is 0 Å². The molecule has 4 heteroatoms. The fourth-order valence-electron chi connectivity index (χ4n) is 2.36. The minimum Gasteiger partial charge on any atom is -0.355 e. The first-order valence-corrected chi connectivity index (χ1v) is 7.29. The lowest BCUT2D eigenvalue weighted by atomic mass is 10.1. The first-order chi connectivity index (χ1) is 8.72.